The van der Waals surface area contributed by atoms with Crippen molar-refractivity contribution in [3.8, 4) is 11.5 Å². The van der Waals surface area contributed by atoms with Gasteiger partial charge in [-0.15, -0.1) is 0 Å². The van der Waals surface area contributed by atoms with Crippen LogP contribution in [0, 0.1) is 0 Å². The molecule has 0 unspecified atom stereocenters. The Morgan fingerprint density at radius 2 is 1.65 bits per heavy atom. The first-order valence-corrected chi connectivity index (χ1v) is 11.8. The van der Waals surface area contributed by atoms with E-state index in [-0.39, 0.29) is 5.91 Å². The molecule has 3 aromatic carbocycles. The third-order valence-electron chi connectivity index (χ3n) is 6.04. The number of rotatable bonds is 7. The molecule has 0 saturated heterocycles. The van der Waals surface area contributed by atoms with Crippen LogP contribution in [0.3, 0.4) is 0 Å². The number of amides is 1. The molecule has 172 valence electrons. The zero-order chi connectivity index (χ0) is 23.2. The predicted molar refractivity (Wildman–Crippen MR) is 133 cm³/mol. The second-order valence-corrected chi connectivity index (χ2v) is 8.56. The fourth-order valence-corrected chi connectivity index (χ4v) is 4.27. The molecule has 0 spiro atoms. The van der Waals surface area contributed by atoms with E-state index in [9.17, 15) is 4.79 Å². The Labute approximate surface area is 200 Å². The Balaban J connectivity index is 1.38. The molecule has 0 atom stereocenters. The number of aryl methyl sites for hydroxylation is 1. The van der Waals surface area contributed by atoms with Crippen molar-refractivity contribution in [1.29, 1.82) is 0 Å². The van der Waals surface area contributed by atoms with Crippen molar-refractivity contribution >= 4 is 16.8 Å². The fourth-order valence-electron chi connectivity index (χ4n) is 4.27. The summed E-state index contributed by atoms with van der Waals surface area (Å²) in [7, 11) is 0. The van der Waals surface area contributed by atoms with Gasteiger partial charge >= 0.3 is 0 Å². The summed E-state index contributed by atoms with van der Waals surface area (Å²) in [5.41, 5.74) is 3.85. The molecular formula is C29H28N2O3. The van der Waals surface area contributed by atoms with Crippen LogP contribution in [0.2, 0.25) is 0 Å². The summed E-state index contributed by atoms with van der Waals surface area (Å²) in [6.07, 6.45) is 4.50. The topological polar surface area (TPSA) is 51.7 Å². The van der Waals surface area contributed by atoms with E-state index in [2.05, 4.69) is 41.4 Å². The van der Waals surface area contributed by atoms with Gasteiger partial charge in [-0.05, 0) is 54.3 Å². The van der Waals surface area contributed by atoms with Crippen molar-refractivity contribution in [2.75, 3.05) is 19.8 Å². The molecule has 4 aromatic rings. The third kappa shape index (κ3) is 5.20. The quantitative estimate of drug-likeness (QED) is 0.362. The van der Waals surface area contributed by atoms with Crippen LogP contribution in [-0.2, 0) is 13.0 Å². The highest BCUT2D eigenvalue weighted by Crippen LogP contribution is 2.31. The van der Waals surface area contributed by atoms with E-state index in [1.807, 2.05) is 53.6 Å². The first-order chi connectivity index (χ1) is 16.8. The van der Waals surface area contributed by atoms with E-state index in [0.29, 0.717) is 43.4 Å². The minimum absolute atomic E-state index is 0.0168. The Morgan fingerprint density at radius 1 is 0.853 bits per heavy atom. The van der Waals surface area contributed by atoms with Gasteiger partial charge in [-0.2, -0.15) is 0 Å². The van der Waals surface area contributed by atoms with Crippen LogP contribution >= 0.6 is 0 Å². The summed E-state index contributed by atoms with van der Waals surface area (Å²) in [6, 6.07) is 26.0. The van der Waals surface area contributed by atoms with Crippen LogP contribution in [0.1, 0.15) is 34.3 Å². The van der Waals surface area contributed by atoms with Crippen LogP contribution < -0.4 is 9.47 Å². The smallest absolute Gasteiger partial charge is 0.254 e. The minimum atomic E-state index is -0.0168. The second-order valence-electron chi connectivity index (χ2n) is 8.56. The molecular weight excluding hydrogens is 424 g/mol. The van der Waals surface area contributed by atoms with Gasteiger partial charge in [0.2, 0.25) is 0 Å². The Morgan fingerprint density at radius 3 is 2.53 bits per heavy atom. The zero-order valence-corrected chi connectivity index (χ0v) is 19.2. The highest BCUT2D eigenvalue weighted by Gasteiger charge is 2.20. The SMILES string of the molecule is O=C(c1ccc2c(c1)OCCCO2)N(CCCc1ccccc1)Cc1cnc2ccccc2c1. The van der Waals surface area contributed by atoms with Crippen molar-refractivity contribution < 1.29 is 14.3 Å². The summed E-state index contributed by atoms with van der Waals surface area (Å²) >= 11 is 0. The number of hydrogen-bond acceptors (Lipinski definition) is 4. The van der Waals surface area contributed by atoms with E-state index in [4.69, 9.17) is 9.47 Å². The minimum Gasteiger partial charge on any atom is -0.490 e. The van der Waals surface area contributed by atoms with Crippen LogP contribution in [0.5, 0.6) is 11.5 Å². The lowest BCUT2D eigenvalue weighted by Gasteiger charge is -2.23. The first-order valence-electron chi connectivity index (χ1n) is 11.8. The summed E-state index contributed by atoms with van der Waals surface area (Å²) < 4.78 is 11.6. The van der Waals surface area contributed by atoms with Crippen LogP contribution in [0.25, 0.3) is 10.9 Å². The van der Waals surface area contributed by atoms with Crippen molar-refractivity contribution in [1.82, 2.24) is 9.88 Å². The summed E-state index contributed by atoms with van der Waals surface area (Å²) in [5.74, 6) is 1.32. The molecule has 0 bridgehead atoms. The van der Waals surface area contributed by atoms with Gasteiger partial charge in [0.15, 0.2) is 11.5 Å². The highest BCUT2D eigenvalue weighted by atomic mass is 16.5. The molecule has 0 radical (unpaired) electrons. The molecule has 0 aliphatic carbocycles. The van der Waals surface area contributed by atoms with Crippen molar-refractivity contribution in [3.63, 3.8) is 0 Å². The first kappa shape index (κ1) is 22.0. The summed E-state index contributed by atoms with van der Waals surface area (Å²) in [6.45, 7) is 2.37. The van der Waals surface area contributed by atoms with Crippen LogP contribution in [-0.4, -0.2) is 35.5 Å². The molecule has 1 aromatic heterocycles. The number of benzene rings is 3. The Hall–Kier alpha value is -3.86. The molecule has 34 heavy (non-hydrogen) atoms. The van der Waals surface area contributed by atoms with Crippen molar-refractivity contribution in [2.24, 2.45) is 0 Å². The van der Waals surface area contributed by atoms with Gasteiger partial charge in [-0.3, -0.25) is 9.78 Å². The van der Waals surface area contributed by atoms with E-state index in [0.717, 1.165) is 35.7 Å². The predicted octanol–water partition coefficient (Wildman–Crippen LogP) is 5.67. The molecule has 5 rings (SSSR count). The lowest BCUT2D eigenvalue weighted by Crippen LogP contribution is -2.32. The summed E-state index contributed by atoms with van der Waals surface area (Å²) in [4.78, 5) is 20.1. The highest BCUT2D eigenvalue weighted by molar-refractivity contribution is 5.95. The van der Waals surface area contributed by atoms with Gasteiger partial charge in [-0.25, -0.2) is 0 Å². The molecule has 1 amide bonds. The maximum absolute atomic E-state index is 13.6. The van der Waals surface area contributed by atoms with Gasteiger partial charge in [-0.1, -0.05) is 48.5 Å². The van der Waals surface area contributed by atoms with Crippen molar-refractivity contribution in [3.05, 3.63) is 102 Å². The van der Waals surface area contributed by atoms with Gasteiger partial charge in [0.05, 0.1) is 18.7 Å². The molecule has 2 heterocycles. The van der Waals surface area contributed by atoms with Gasteiger partial charge < -0.3 is 14.4 Å². The van der Waals surface area contributed by atoms with Gasteiger partial charge in [0.1, 0.15) is 0 Å². The number of aromatic nitrogens is 1. The van der Waals surface area contributed by atoms with Crippen LogP contribution in [0.4, 0.5) is 0 Å². The fraction of sp³-hybridized carbons (Fsp3) is 0.241. The molecule has 0 N–H and O–H groups in total. The molecule has 5 nitrogen and oxygen atoms in total. The number of nitrogens with zero attached hydrogens (tertiary/aromatic N) is 2. The number of carbonyl (C=O) groups excluding carboxylic acids is 1. The number of hydrogen-bond donors (Lipinski definition) is 0. The molecule has 1 aliphatic heterocycles. The lowest BCUT2D eigenvalue weighted by atomic mass is 10.1. The van der Waals surface area contributed by atoms with Gasteiger partial charge in [0, 0.05) is 36.7 Å². The average Bonchev–Trinajstić information content (AvgIpc) is 3.13. The van der Waals surface area contributed by atoms with E-state index >= 15 is 0 Å². The Bertz CT molecular complexity index is 1270. The maximum atomic E-state index is 13.6. The standard InChI is InChI=1S/C29H28N2O3/c32-29(25-13-14-27-28(19-25)34-17-7-16-33-27)31(15-6-10-22-8-2-1-3-9-22)21-23-18-24-11-4-5-12-26(24)30-20-23/h1-5,8-9,11-14,18-20H,6-7,10,15-17,21H2. The third-order valence-corrected chi connectivity index (χ3v) is 6.04. The number of pyridine rings is 1. The van der Waals surface area contributed by atoms with E-state index in [1.54, 1.807) is 0 Å². The zero-order valence-electron chi connectivity index (χ0n) is 19.2. The number of ether oxygens (including phenoxy) is 2. The normalized spacial score (nSPS) is 12.8. The average molecular weight is 453 g/mol. The molecule has 5 heteroatoms. The molecule has 0 saturated carbocycles. The molecule has 1 aliphatic rings. The van der Waals surface area contributed by atoms with E-state index in [1.165, 1.54) is 5.56 Å². The second kappa shape index (κ2) is 10.4. The molecule has 0 fully saturated rings. The summed E-state index contributed by atoms with van der Waals surface area (Å²) in [5, 5.41) is 1.08. The maximum Gasteiger partial charge on any atom is 0.254 e. The van der Waals surface area contributed by atoms with Crippen molar-refractivity contribution in [2.45, 2.75) is 25.8 Å². The van der Waals surface area contributed by atoms with E-state index < -0.39 is 0 Å². The lowest BCUT2D eigenvalue weighted by molar-refractivity contribution is 0.0740. The van der Waals surface area contributed by atoms with Crippen LogP contribution in [0.15, 0.2) is 85.1 Å². The monoisotopic (exact) mass is 452 g/mol. The number of para-hydroxylation sites is 1. The number of carbonyl (C=O) groups is 1. The van der Waals surface area contributed by atoms with Gasteiger partial charge in [0.25, 0.3) is 5.91 Å². The largest absolute Gasteiger partial charge is 0.490 e. The Kier molecular flexibility index (Phi) is 6.71. The number of fused-ring (bicyclic) bond motifs is 2.